The quantitative estimate of drug-likeness (QED) is 0.570. The minimum absolute atomic E-state index is 0.218. The van der Waals surface area contributed by atoms with Crippen molar-refractivity contribution in [3.05, 3.63) is 10.7 Å². The van der Waals surface area contributed by atoms with E-state index in [1.165, 1.54) is 21.2 Å². The first-order valence-electron chi connectivity index (χ1n) is 5.27. The molecule has 2 aliphatic heterocycles. The Kier molecular flexibility index (Phi) is 3.30. The highest BCUT2D eigenvalue weighted by molar-refractivity contribution is 9.11. The monoisotopic (exact) mass is 287 g/mol. The Balaban J connectivity index is 1.98. The number of likely N-dealkylation sites (tertiary alicyclic amines) is 1. The molecule has 2 heterocycles. The van der Waals surface area contributed by atoms with Gasteiger partial charge in [-0.1, -0.05) is 15.9 Å². The van der Waals surface area contributed by atoms with Crippen LogP contribution >= 0.6 is 15.9 Å². The Hall–Kier alpha value is -0.880. The second-order valence-corrected chi connectivity index (χ2v) is 4.45. The van der Waals surface area contributed by atoms with Gasteiger partial charge in [0.2, 0.25) is 0 Å². The van der Waals surface area contributed by atoms with Gasteiger partial charge in [0.1, 0.15) is 5.70 Å². The lowest BCUT2D eigenvalue weighted by atomic mass is 10.2. The van der Waals surface area contributed by atoms with E-state index < -0.39 is 0 Å². The topological polar surface area (TPSA) is 43.9 Å². The molecular formula is C10H14BrN3O2. The Morgan fingerprint density at radius 3 is 2.44 bits per heavy atom. The SMILES string of the molecule is CN1C(=O)N(CCN2CCC2)C(=O)C1=CBr. The van der Waals surface area contributed by atoms with E-state index in [2.05, 4.69) is 20.8 Å². The molecule has 3 amide bonds. The molecule has 5 nitrogen and oxygen atoms in total. The molecule has 0 unspecified atom stereocenters. The summed E-state index contributed by atoms with van der Waals surface area (Å²) < 4.78 is 0. The average Bonchev–Trinajstić information content (AvgIpc) is 2.39. The minimum Gasteiger partial charge on any atom is -0.301 e. The van der Waals surface area contributed by atoms with Crippen molar-refractivity contribution in [2.24, 2.45) is 0 Å². The fourth-order valence-electron chi connectivity index (χ4n) is 1.82. The Bertz CT molecular complexity index is 352. The first-order chi connectivity index (χ1) is 7.65. The van der Waals surface area contributed by atoms with E-state index in [0.29, 0.717) is 12.2 Å². The lowest BCUT2D eigenvalue weighted by molar-refractivity contribution is -0.123. The van der Waals surface area contributed by atoms with E-state index in [9.17, 15) is 9.59 Å². The number of nitrogens with zero attached hydrogens (tertiary/aromatic N) is 3. The number of carbonyl (C=O) groups excluding carboxylic acids is 2. The summed E-state index contributed by atoms with van der Waals surface area (Å²) in [5.41, 5.74) is 0.397. The molecule has 2 saturated heterocycles. The molecule has 88 valence electrons. The van der Waals surface area contributed by atoms with Crippen LogP contribution in [0.1, 0.15) is 6.42 Å². The average molecular weight is 288 g/mol. The molecule has 6 heteroatoms. The third-order valence-corrected chi connectivity index (χ3v) is 3.47. The Morgan fingerprint density at radius 1 is 1.31 bits per heavy atom. The maximum absolute atomic E-state index is 11.8. The van der Waals surface area contributed by atoms with Gasteiger partial charge in [-0.25, -0.2) is 4.79 Å². The van der Waals surface area contributed by atoms with Gasteiger partial charge in [-0.2, -0.15) is 0 Å². The fraction of sp³-hybridized carbons (Fsp3) is 0.600. The second kappa shape index (κ2) is 4.55. The summed E-state index contributed by atoms with van der Waals surface area (Å²) in [5.74, 6) is -0.218. The number of imide groups is 1. The third-order valence-electron chi connectivity index (χ3n) is 3.04. The van der Waals surface area contributed by atoms with Crippen LogP contribution in [0.5, 0.6) is 0 Å². The van der Waals surface area contributed by atoms with Gasteiger partial charge < -0.3 is 4.90 Å². The Labute approximate surface area is 103 Å². The first kappa shape index (κ1) is 11.6. The summed E-state index contributed by atoms with van der Waals surface area (Å²) in [6.07, 6.45) is 1.22. The van der Waals surface area contributed by atoms with Crippen molar-refractivity contribution < 1.29 is 9.59 Å². The molecule has 0 spiro atoms. The number of halogens is 1. The molecule has 2 fully saturated rings. The number of carbonyl (C=O) groups is 2. The van der Waals surface area contributed by atoms with Gasteiger partial charge in [0, 0.05) is 25.1 Å². The maximum Gasteiger partial charge on any atom is 0.331 e. The highest BCUT2D eigenvalue weighted by atomic mass is 79.9. The van der Waals surface area contributed by atoms with E-state index in [0.717, 1.165) is 19.6 Å². The van der Waals surface area contributed by atoms with E-state index >= 15 is 0 Å². The van der Waals surface area contributed by atoms with E-state index in [4.69, 9.17) is 0 Å². The van der Waals surface area contributed by atoms with Crippen molar-refractivity contribution in [1.29, 1.82) is 0 Å². The molecule has 2 rings (SSSR count). The number of urea groups is 1. The van der Waals surface area contributed by atoms with Crippen LogP contribution in [0.3, 0.4) is 0 Å². The minimum atomic E-state index is -0.240. The van der Waals surface area contributed by atoms with E-state index in [1.54, 1.807) is 7.05 Å². The largest absolute Gasteiger partial charge is 0.331 e. The first-order valence-corrected chi connectivity index (χ1v) is 6.19. The summed E-state index contributed by atoms with van der Waals surface area (Å²) in [4.78, 5) is 30.0. The molecule has 0 bridgehead atoms. The molecule has 0 saturated carbocycles. The zero-order valence-electron chi connectivity index (χ0n) is 9.15. The summed E-state index contributed by atoms with van der Waals surface area (Å²) in [6, 6.07) is -0.240. The highest BCUT2D eigenvalue weighted by Crippen LogP contribution is 2.20. The molecular weight excluding hydrogens is 274 g/mol. The van der Waals surface area contributed by atoms with Gasteiger partial charge in [0.05, 0.1) is 0 Å². The number of likely N-dealkylation sites (N-methyl/N-ethyl adjacent to an activating group) is 1. The van der Waals surface area contributed by atoms with Crippen LogP contribution in [-0.4, -0.2) is 59.9 Å². The zero-order valence-corrected chi connectivity index (χ0v) is 10.7. The van der Waals surface area contributed by atoms with Crippen LogP contribution in [0.25, 0.3) is 0 Å². The molecule has 2 aliphatic rings. The molecule has 0 atom stereocenters. The predicted octanol–water partition coefficient (Wildman–Crippen LogP) is 0.822. The summed E-state index contributed by atoms with van der Waals surface area (Å²) in [5, 5.41) is 0. The molecule has 0 aliphatic carbocycles. The van der Waals surface area contributed by atoms with Crippen molar-refractivity contribution in [3.8, 4) is 0 Å². The normalized spacial score (nSPS) is 24.5. The van der Waals surface area contributed by atoms with Gasteiger partial charge in [-0.3, -0.25) is 14.6 Å². The summed E-state index contributed by atoms with van der Waals surface area (Å²) >= 11 is 3.10. The summed E-state index contributed by atoms with van der Waals surface area (Å²) in [7, 11) is 1.61. The number of hydrogen-bond donors (Lipinski definition) is 0. The van der Waals surface area contributed by atoms with Crippen molar-refractivity contribution in [2.75, 3.05) is 33.2 Å². The van der Waals surface area contributed by atoms with Crippen LogP contribution in [0, 0.1) is 0 Å². The second-order valence-electron chi connectivity index (χ2n) is 3.99. The van der Waals surface area contributed by atoms with Crippen molar-refractivity contribution in [3.63, 3.8) is 0 Å². The zero-order chi connectivity index (χ0) is 11.7. The van der Waals surface area contributed by atoms with Gasteiger partial charge in [0.25, 0.3) is 5.91 Å². The Morgan fingerprint density at radius 2 is 2.00 bits per heavy atom. The molecule has 0 aromatic rings. The van der Waals surface area contributed by atoms with Gasteiger partial charge in [-0.15, -0.1) is 0 Å². The van der Waals surface area contributed by atoms with Crippen LogP contribution in [-0.2, 0) is 4.79 Å². The fourth-order valence-corrected chi connectivity index (χ4v) is 2.32. The van der Waals surface area contributed by atoms with Gasteiger partial charge >= 0.3 is 6.03 Å². The lowest BCUT2D eigenvalue weighted by Crippen LogP contribution is -2.44. The smallest absolute Gasteiger partial charge is 0.301 e. The lowest BCUT2D eigenvalue weighted by Gasteiger charge is -2.31. The summed E-state index contributed by atoms with van der Waals surface area (Å²) in [6.45, 7) is 3.41. The van der Waals surface area contributed by atoms with Crippen molar-refractivity contribution in [1.82, 2.24) is 14.7 Å². The van der Waals surface area contributed by atoms with E-state index in [-0.39, 0.29) is 11.9 Å². The number of rotatable bonds is 3. The van der Waals surface area contributed by atoms with Crippen LogP contribution in [0.4, 0.5) is 4.79 Å². The highest BCUT2D eigenvalue weighted by Gasteiger charge is 2.38. The molecule has 0 N–H and O–H groups in total. The third kappa shape index (κ3) is 1.87. The van der Waals surface area contributed by atoms with Crippen molar-refractivity contribution in [2.45, 2.75) is 6.42 Å². The number of amides is 3. The predicted molar refractivity (Wildman–Crippen MR) is 62.9 cm³/mol. The van der Waals surface area contributed by atoms with Crippen LogP contribution in [0.15, 0.2) is 10.7 Å². The van der Waals surface area contributed by atoms with Crippen LogP contribution < -0.4 is 0 Å². The van der Waals surface area contributed by atoms with Gasteiger partial charge in [-0.05, 0) is 19.5 Å². The maximum atomic E-state index is 11.8. The van der Waals surface area contributed by atoms with Crippen LogP contribution in [0.2, 0.25) is 0 Å². The molecule has 0 aromatic carbocycles. The van der Waals surface area contributed by atoms with Gasteiger partial charge in [0.15, 0.2) is 0 Å². The molecule has 16 heavy (non-hydrogen) atoms. The van der Waals surface area contributed by atoms with E-state index in [1.807, 2.05) is 0 Å². The number of hydrogen-bond acceptors (Lipinski definition) is 3. The van der Waals surface area contributed by atoms with Crippen molar-refractivity contribution >= 4 is 27.9 Å². The molecule has 0 radical (unpaired) electrons. The molecule has 0 aromatic heterocycles. The standard InChI is InChI=1S/C10H14BrN3O2/c1-12-8(7-11)9(15)14(10(12)16)6-5-13-3-2-4-13/h7H,2-6H2,1H3.